The Morgan fingerprint density at radius 1 is 0.562 bits per heavy atom. The third-order valence-corrected chi connectivity index (χ3v) is 5.39. The number of nitrogens with two attached hydrogens (primary N) is 1. The zero-order valence-electron chi connectivity index (χ0n) is 17.0. The molecule has 5 nitrogen and oxygen atoms in total. The Morgan fingerprint density at radius 3 is 1.69 bits per heavy atom. The number of hydrogen-bond acceptors (Lipinski definition) is 3. The van der Waals surface area contributed by atoms with Crippen LogP contribution in [-0.4, -0.2) is 19.9 Å². The SMILES string of the molecule is Nc1ccc(-c2cc3cc4nc(cc5ccc(cc6nc(cc2[nH]3)C=C6)[nH]5)C=C4)cc1.[Mn]. The van der Waals surface area contributed by atoms with Crippen molar-refractivity contribution in [1.29, 1.82) is 0 Å². The molecule has 0 unspecified atom stereocenters. The van der Waals surface area contributed by atoms with Gasteiger partial charge in [-0.2, -0.15) is 0 Å². The molecule has 0 saturated heterocycles. The maximum atomic E-state index is 5.89. The fourth-order valence-electron chi connectivity index (χ4n) is 3.92. The number of nitrogens with zero attached hydrogens (tertiary/aromatic N) is 2. The third-order valence-electron chi connectivity index (χ3n) is 5.39. The summed E-state index contributed by atoms with van der Waals surface area (Å²) in [6.07, 6.45) is 8.10. The number of H-pyrrole nitrogens is 2. The molecule has 0 saturated carbocycles. The van der Waals surface area contributed by atoms with E-state index in [0.29, 0.717) is 0 Å². The van der Waals surface area contributed by atoms with E-state index in [1.807, 2.05) is 72.8 Å². The molecule has 5 heterocycles. The van der Waals surface area contributed by atoms with Gasteiger partial charge in [0.2, 0.25) is 0 Å². The molecule has 8 bridgehead atoms. The molecule has 0 aliphatic carbocycles. The zero-order chi connectivity index (χ0) is 20.8. The number of nitrogen functional groups attached to an aromatic ring is 1. The zero-order valence-corrected chi connectivity index (χ0v) is 18.2. The Balaban J connectivity index is 0.00000216. The minimum Gasteiger partial charge on any atom is -0.399 e. The van der Waals surface area contributed by atoms with Crippen molar-refractivity contribution in [1.82, 2.24) is 19.9 Å². The van der Waals surface area contributed by atoms with Crippen LogP contribution in [0.25, 0.3) is 57.5 Å². The fraction of sp³-hybridized carbons (Fsp3) is 0. The number of hydrogen-bond donors (Lipinski definition) is 3. The molecule has 0 amide bonds. The van der Waals surface area contributed by atoms with Crippen LogP contribution in [0.4, 0.5) is 5.69 Å². The normalized spacial score (nSPS) is 12.0. The molecular formula is C26H19MnN5. The second kappa shape index (κ2) is 8.00. The number of aromatic nitrogens is 4. The van der Waals surface area contributed by atoms with Crippen LogP contribution in [0.5, 0.6) is 0 Å². The first-order valence-electron chi connectivity index (χ1n) is 10.1. The fourth-order valence-corrected chi connectivity index (χ4v) is 3.92. The van der Waals surface area contributed by atoms with E-state index in [-0.39, 0.29) is 17.1 Å². The van der Waals surface area contributed by atoms with Gasteiger partial charge in [-0.3, -0.25) is 0 Å². The van der Waals surface area contributed by atoms with Crippen molar-refractivity contribution >= 4 is 52.1 Å². The average Bonchev–Trinajstić information content (AvgIpc) is 3.54. The number of aromatic amines is 2. The second-order valence-electron chi connectivity index (χ2n) is 7.71. The summed E-state index contributed by atoms with van der Waals surface area (Å²) in [5.41, 5.74) is 16.4. The van der Waals surface area contributed by atoms with Crippen LogP contribution in [0.2, 0.25) is 0 Å². The summed E-state index contributed by atoms with van der Waals surface area (Å²) in [7, 11) is 0. The maximum absolute atomic E-state index is 5.89. The Kier molecular flexibility index (Phi) is 5.02. The van der Waals surface area contributed by atoms with E-state index in [2.05, 4.69) is 28.2 Å². The summed E-state index contributed by atoms with van der Waals surface area (Å²) in [6, 6.07) is 22.4. The summed E-state index contributed by atoms with van der Waals surface area (Å²) < 4.78 is 0. The first-order chi connectivity index (χ1) is 15.2. The molecule has 32 heavy (non-hydrogen) atoms. The second-order valence-corrected chi connectivity index (χ2v) is 7.71. The molecule has 155 valence electrons. The summed E-state index contributed by atoms with van der Waals surface area (Å²) in [5, 5.41) is 0. The van der Waals surface area contributed by atoms with E-state index in [1.54, 1.807) is 0 Å². The molecule has 0 atom stereocenters. The van der Waals surface area contributed by atoms with Gasteiger partial charge in [-0.15, -0.1) is 0 Å². The Hall–Kier alpha value is -3.86. The quantitative estimate of drug-likeness (QED) is 0.213. The van der Waals surface area contributed by atoms with E-state index in [1.165, 1.54) is 0 Å². The number of fused-ring (bicyclic) bond motifs is 8. The van der Waals surface area contributed by atoms with Gasteiger partial charge >= 0.3 is 0 Å². The van der Waals surface area contributed by atoms with Crippen molar-refractivity contribution < 1.29 is 17.1 Å². The van der Waals surface area contributed by atoms with Crippen LogP contribution >= 0.6 is 0 Å². The Labute approximate surface area is 195 Å². The first kappa shape index (κ1) is 20.1. The summed E-state index contributed by atoms with van der Waals surface area (Å²) >= 11 is 0. The van der Waals surface area contributed by atoms with Gasteiger partial charge < -0.3 is 15.7 Å². The van der Waals surface area contributed by atoms with Crippen molar-refractivity contribution in [2.75, 3.05) is 5.73 Å². The average molecular weight is 456 g/mol. The summed E-state index contributed by atoms with van der Waals surface area (Å²) in [4.78, 5) is 16.4. The van der Waals surface area contributed by atoms with Crippen LogP contribution in [0.15, 0.2) is 66.7 Å². The Bertz CT molecular complexity index is 1540. The van der Waals surface area contributed by atoms with Crippen molar-refractivity contribution in [2.45, 2.75) is 0 Å². The predicted molar refractivity (Wildman–Crippen MR) is 129 cm³/mol. The van der Waals surface area contributed by atoms with E-state index in [4.69, 9.17) is 15.7 Å². The molecular weight excluding hydrogens is 437 g/mol. The van der Waals surface area contributed by atoms with Crippen molar-refractivity contribution in [2.24, 2.45) is 0 Å². The van der Waals surface area contributed by atoms with Crippen LogP contribution in [0, 0.1) is 0 Å². The molecule has 2 aliphatic heterocycles. The van der Waals surface area contributed by atoms with Crippen molar-refractivity contribution in [3.63, 3.8) is 0 Å². The first-order valence-corrected chi connectivity index (χ1v) is 10.1. The largest absolute Gasteiger partial charge is 0.399 e. The van der Waals surface area contributed by atoms with E-state index < -0.39 is 0 Å². The van der Waals surface area contributed by atoms with Gasteiger partial charge in [-0.25, -0.2) is 9.97 Å². The minimum atomic E-state index is 0. The summed E-state index contributed by atoms with van der Waals surface area (Å²) in [6.45, 7) is 0. The Morgan fingerprint density at radius 2 is 1.09 bits per heavy atom. The predicted octanol–water partition coefficient (Wildman–Crippen LogP) is 5.90. The molecule has 3 aromatic heterocycles. The molecule has 1 aromatic carbocycles. The topological polar surface area (TPSA) is 83.4 Å². The molecule has 2 aliphatic rings. The van der Waals surface area contributed by atoms with E-state index in [0.717, 1.165) is 61.7 Å². The van der Waals surface area contributed by atoms with Gasteiger partial charge in [0.15, 0.2) is 0 Å². The van der Waals surface area contributed by atoms with E-state index >= 15 is 0 Å². The smallest absolute Gasteiger partial charge is 0.0658 e. The minimum absolute atomic E-state index is 0. The van der Waals surface area contributed by atoms with Gasteiger partial charge in [-0.05, 0) is 84.5 Å². The number of nitrogens with one attached hydrogen (secondary N) is 2. The van der Waals surface area contributed by atoms with Gasteiger partial charge in [0.25, 0.3) is 0 Å². The molecule has 4 aromatic rings. The van der Waals surface area contributed by atoms with Crippen molar-refractivity contribution in [3.05, 3.63) is 89.5 Å². The van der Waals surface area contributed by atoms with Crippen LogP contribution in [-0.2, 0) is 17.1 Å². The van der Waals surface area contributed by atoms with Crippen LogP contribution < -0.4 is 5.73 Å². The van der Waals surface area contributed by atoms with Crippen LogP contribution in [0.3, 0.4) is 0 Å². The molecule has 6 rings (SSSR count). The van der Waals surface area contributed by atoms with Crippen molar-refractivity contribution in [3.8, 4) is 11.1 Å². The number of rotatable bonds is 1. The van der Waals surface area contributed by atoms with Gasteiger partial charge in [0, 0.05) is 50.4 Å². The third kappa shape index (κ3) is 3.89. The summed E-state index contributed by atoms with van der Waals surface area (Å²) in [5.74, 6) is 0. The number of anilines is 1. The monoisotopic (exact) mass is 456 g/mol. The van der Waals surface area contributed by atoms with Crippen LogP contribution in [0.1, 0.15) is 22.8 Å². The standard InChI is InChI=1S/C26H19N5.Mn/c27-17-3-1-16(2-4-17)25-14-24-13-22-8-7-20(29-22)11-18-5-6-19(28-18)12-21-9-10-23(30-21)15-26(25)31-24;/h1-15,28,31H,27H2;. The molecule has 1 radical (unpaired) electrons. The van der Waals surface area contributed by atoms with Gasteiger partial charge in [0.1, 0.15) is 0 Å². The molecule has 0 fully saturated rings. The number of benzene rings is 1. The maximum Gasteiger partial charge on any atom is 0.0658 e. The van der Waals surface area contributed by atoms with E-state index in [9.17, 15) is 0 Å². The molecule has 6 heteroatoms. The molecule has 4 N–H and O–H groups in total. The van der Waals surface area contributed by atoms with Gasteiger partial charge in [0.05, 0.1) is 22.8 Å². The van der Waals surface area contributed by atoms with Gasteiger partial charge in [-0.1, -0.05) is 12.1 Å². The molecule has 0 spiro atoms.